The van der Waals surface area contributed by atoms with Gasteiger partial charge in [-0.15, -0.1) is 0 Å². The van der Waals surface area contributed by atoms with Crippen LogP contribution in [0.25, 0.3) is 0 Å². The van der Waals surface area contributed by atoms with Gasteiger partial charge in [0, 0.05) is 25.7 Å². The summed E-state index contributed by atoms with van der Waals surface area (Å²) in [6.07, 6.45) is 65.2. The van der Waals surface area contributed by atoms with Crippen LogP contribution in [0.4, 0.5) is 0 Å². The van der Waals surface area contributed by atoms with Crippen LogP contribution >= 0.6 is 15.6 Å². The summed E-state index contributed by atoms with van der Waals surface area (Å²) in [6.45, 7) is 4.99. The number of phosphoric acid groups is 2. The van der Waals surface area contributed by atoms with E-state index in [0.29, 0.717) is 25.7 Å². The normalized spacial score (nSPS) is 13.8. The molecular weight excluding hydrogens is 1280 g/mol. The number of ether oxygens (including phenoxy) is 4. The number of phosphoric ester groups is 2. The lowest BCUT2D eigenvalue weighted by atomic mass is 10.0. The Morgan fingerprint density at radius 3 is 0.602 bits per heavy atom. The van der Waals surface area contributed by atoms with E-state index in [1.807, 2.05) is 0 Å². The van der Waals surface area contributed by atoms with Crippen LogP contribution < -0.4 is 0 Å². The minimum Gasteiger partial charge on any atom is -0.462 e. The average Bonchev–Trinajstić information content (AvgIpc) is 1.24. The van der Waals surface area contributed by atoms with E-state index in [2.05, 4.69) is 27.7 Å². The fourth-order valence-electron chi connectivity index (χ4n) is 12.3. The topological polar surface area (TPSA) is 237 Å². The van der Waals surface area contributed by atoms with E-state index in [4.69, 9.17) is 37.0 Å². The van der Waals surface area contributed by atoms with E-state index in [1.54, 1.807) is 0 Å². The van der Waals surface area contributed by atoms with E-state index in [0.717, 1.165) is 89.9 Å². The highest BCUT2D eigenvalue weighted by Crippen LogP contribution is 2.45. The first-order valence-electron chi connectivity index (χ1n) is 41.3. The molecule has 0 aromatic carbocycles. The van der Waals surface area contributed by atoms with Gasteiger partial charge >= 0.3 is 39.5 Å². The van der Waals surface area contributed by atoms with Crippen molar-refractivity contribution in [2.24, 2.45) is 0 Å². The van der Waals surface area contributed by atoms with Crippen LogP contribution in [-0.4, -0.2) is 96.7 Å². The van der Waals surface area contributed by atoms with Crippen LogP contribution in [0.15, 0.2) is 0 Å². The van der Waals surface area contributed by atoms with Crippen molar-refractivity contribution in [1.29, 1.82) is 0 Å². The predicted molar refractivity (Wildman–Crippen MR) is 400 cm³/mol. The van der Waals surface area contributed by atoms with E-state index in [-0.39, 0.29) is 25.7 Å². The number of esters is 4. The van der Waals surface area contributed by atoms with Gasteiger partial charge in [-0.05, 0) is 25.7 Å². The molecule has 582 valence electrons. The summed E-state index contributed by atoms with van der Waals surface area (Å²) in [5, 5.41) is 10.6. The van der Waals surface area contributed by atoms with Gasteiger partial charge in [-0.1, -0.05) is 374 Å². The number of carbonyl (C=O) groups excluding carboxylic acids is 4. The zero-order valence-electron chi connectivity index (χ0n) is 63.8. The van der Waals surface area contributed by atoms with E-state index >= 15 is 0 Å². The summed E-state index contributed by atoms with van der Waals surface area (Å²) < 4.78 is 68.6. The summed E-state index contributed by atoms with van der Waals surface area (Å²) in [6, 6.07) is 0. The van der Waals surface area contributed by atoms with Crippen LogP contribution in [0.3, 0.4) is 0 Å². The van der Waals surface area contributed by atoms with Crippen molar-refractivity contribution in [2.75, 3.05) is 39.6 Å². The largest absolute Gasteiger partial charge is 0.472 e. The molecule has 0 aliphatic heterocycles. The maximum absolute atomic E-state index is 13.1. The molecule has 0 aliphatic carbocycles. The molecule has 2 unspecified atom stereocenters. The van der Waals surface area contributed by atoms with Gasteiger partial charge in [0.25, 0.3) is 0 Å². The van der Waals surface area contributed by atoms with Gasteiger partial charge in [-0.25, -0.2) is 9.13 Å². The molecule has 0 spiro atoms. The highest BCUT2D eigenvalue weighted by molar-refractivity contribution is 7.47. The second-order valence-electron chi connectivity index (χ2n) is 28.5. The molecule has 3 N–H and O–H groups in total. The molecule has 0 aliphatic rings. The fraction of sp³-hybridized carbons (Fsp3) is 0.949. The summed E-state index contributed by atoms with van der Waals surface area (Å²) in [4.78, 5) is 72.9. The van der Waals surface area contributed by atoms with Gasteiger partial charge in [-0.3, -0.25) is 37.3 Å². The maximum Gasteiger partial charge on any atom is 0.472 e. The molecule has 0 aromatic rings. The fourth-order valence-corrected chi connectivity index (χ4v) is 13.9. The summed E-state index contributed by atoms with van der Waals surface area (Å²) in [7, 11) is -9.91. The number of unbranched alkanes of at least 4 members (excludes halogenated alkanes) is 54. The molecule has 98 heavy (non-hydrogen) atoms. The Morgan fingerprint density at radius 2 is 0.408 bits per heavy atom. The van der Waals surface area contributed by atoms with Crippen LogP contribution in [0.1, 0.15) is 426 Å². The quantitative estimate of drug-likeness (QED) is 0.0222. The second kappa shape index (κ2) is 73.4. The van der Waals surface area contributed by atoms with Gasteiger partial charge in [0.15, 0.2) is 12.2 Å². The molecule has 0 radical (unpaired) electrons. The van der Waals surface area contributed by atoms with Crippen LogP contribution in [0.2, 0.25) is 0 Å². The van der Waals surface area contributed by atoms with Crippen molar-refractivity contribution in [1.82, 2.24) is 0 Å². The van der Waals surface area contributed by atoms with Crippen molar-refractivity contribution in [3.8, 4) is 0 Å². The lowest BCUT2D eigenvalue weighted by Gasteiger charge is -2.21. The molecule has 0 aromatic heterocycles. The monoisotopic (exact) mass is 1440 g/mol. The highest BCUT2D eigenvalue weighted by atomic mass is 31.2. The Labute approximate surface area is 600 Å². The third-order valence-corrected chi connectivity index (χ3v) is 20.5. The molecule has 5 atom stereocenters. The van der Waals surface area contributed by atoms with Gasteiger partial charge in [-0.2, -0.15) is 0 Å². The first-order chi connectivity index (χ1) is 47.7. The van der Waals surface area contributed by atoms with Crippen molar-refractivity contribution in [2.45, 2.75) is 444 Å². The molecular formula is C79H154O17P2. The average molecular weight is 1440 g/mol. The molecule has 0 amide bonds. The van der Waals surface area contributed by atoms with Crippen molar-refractivity contribution >= 4 is 39.5 Å². The zero-order valence-corrected chi connectivity index (χ0v) is 65.6. The van der Waals surface area contributed by atoms with Crippen molar-refractivity contribution in [3.05, 3.63) is 0 Å². The van der Waals surface area contributed by atoms with E-state index in [1.165, 1.54) is 257 Å². The Bertz CT molecular complexity index is 1860. The number of rotatable bonds is 80. The number of hydrogen-bond donors (Lipinski definition) is 3. The van der Waals surface area contributed by atoms with E-state index in [9.17, 15) is 43.2 Å². The SMILES string of the molecule is CCCCCCCCCCCCCCCCCCCCC(=O)O[C@H](COC(=O)CCCCCCCCCCCCCCCCCCC)COP(=O)(O)OC[C@@H](O)COP(=O)(O)OC[C@@H](COC(=O)CCCCCCCCCC)OC(=O)CCCCCCCCCCCCCCCCC. The van der Waals surface area contributed by atoms with Crippen LogP contribution in [0.5, 0.6) is 0 Å². The third kappa shape index (κ3) is 72.4. The van der Waals surface area contributed by atoms with Gasteiger partial charge < -0.3 is 33.8 Å². The zero-order chi connectivity index (χ0) is 71.8. The second-order valence-corrected chi connectivity index (χ2v) is 31.4. The first kappa shape index (κ1) is 96.1. The van der Waals surface area contributed by atoms with Gasteiger partial charge in [0.1, 0.15) is 19.3 Å². The Balaban J connectivity index is 5.20. The molecule has 0 rings (SSSR count). The minimum atomic E-state index is -4.96. The van der Waals surface area contributed by atoms with Crippen LogP contribution in [0, 0.1) is 0 Å². The summed E-state index contributed by atoms with van der Waals surface area (Å²) >= 11 is 0. The molecule has 0 heterocycles. The molecule has 0 saturated carbocycles. The number of carbonyl (C=O) groups is 4. The smallest absolute Gasteiger partial charge is 0.462 e. The van der Waals surface area contributed by atoms with Gasteiger partial charge in [0.05, 0.1) is 26.4 Å². The number of hydrogen-bond acceptors (Lipinski definition) is 15. The Morgan fingerprint density at radius 1 is 0.245 bits per heavy atom. The lowest BCUT2D eigenvalue weighted by Crippen LogP contribution is -2.30. The number of aliphatic hydroxyl groups is 1. The van der Waals surface area contributed by atoms with Crippen molar-refractivity contribution in [3.63, 3.8) is 0 Å². The predicted octanol–water partition coefficient (Wildman–Crippen LogP) is 23.8. The van der Waals surface area contributed by atoms with Gasteiger partial charge in [0.2, 0.25) is 0 Å². The molecule has 0 fully saturated rings. The highest BCUT2D eigenvalue weighted by Gasteiger charge is 2.30. The maximum atomic E-state index is 13.1. The molecule has 19 heteroatoms. The lowest BCUT2D eigenvalue weighted by molar-refractivity contribution is -0.161. The van der Waals surface area contributed by atoms with Crippen LogP contribution in [-0.2, 0) is 65.4 Å². The summed E-state index contributed by atoms with van der Waals surface area (Å²) in [5.41, 5.74) is 0. The molecule has 0 bridgehead atoms. The molecule has 0 saturated heterocycles. The minimum absolute atomic E-state index is 0.109. The Kier molecular flexibility index (Phi) is 71.9. The first-order valence-corrected chi connectivity index (χ1v) is 44.3. The standard InChI is InChI=1S/C79H154O17P2/c1-5-9-13-17-21-25-28-31-34-36-38-41-44-47-50-54-58-62-66-79(84)96-75(70-90-77(82)64-60-56-52-48-45-42-40-37-35-32-29-26-22-18-14-10-6-2)72-94-98(87,88)92-68-73(80)67-91-97(85,86)93-71-74(69-89-76(81)63-59-55-51-24-20-16-12-8-4)95-78(83)65-61-57-53-49-46-43-39-33-30-27-23-19-15-11-7-3/h73-75,80H,5-72H2,1-4H3,(H,85,86)(H,87,88)/t73-,74+,75+/m0/s1. The van der Waals surface area contributed by atoms with Crippen molar-refractivity contribution < 1.29 is 80.2 Å². The Hall–Kier alpha value is -1.94. The third-order valence-electron chi connectivity index (χ3n) is 18.6. The summed E-state index contributed by atoms with van der Waals surface area (Å²) in [5.74, 6) is -2.11. The van der Waals surface area contributed by atoms with E-state index < -0.39 is 97.5 Å². The number of aliphatic hydroxyl groups excluding tert-OH is 1. The molecule has 17 nitrogen and oxygen atoms in total.